The molecule has 3 heterocycles. The van der Waals surface area contributed by atoms with Gasteiger partial charge < -0.3 is 5.73 Å². The molecule has 0 aliphatic heterocycles. The number of rotatable bonds is 1. The number of nitrogens with zero attached hydrogens (tertiary/aromatic N) is 2. The number of halogens is 1. The molecule has 86 valence electrons. The summed E-state index contributed by atoms with van der Waals surface area (Å²) in [6.07, 6.45) is 0. The van der Waals surface area contributed by atoms with E-state index >= 15 is 0 Å². The number of thiophene rings is 1. The van der Waals surface area contributed by atoms with Crippen LogP contribution in [0.15, 0.2) is 29.6 Å². The van der Waals surface area contributed by atoms with Gasteiger partial charge in [-0.2, -0.15) is 0 Å². The third-order valence-corrected chi connectivity index (χ3v) is 3.91. The Labute approximate surface area is 107 Å². The highest BCUT2D eigenvalue weighted by molar-refractivity contribution is 7.13. The lowest BCUT2D eigenvalue weighted by molar-refractivity contribution is 1.11. The Morgan fingerprint density at radius 3 is 2.82 bits per heavy atom. The molecule has 0 aromatic carbocycles. The largest absolute Gasteiger partial charge is 0.396 e. The third kappa shape index (κ3) is 1.52. The number of aromatic nitrogens is 2. The Balaban J connectivity index is 2.40. The van der Waals surface area contributed by atoms with Gasteiger partial charge >= 0.3 is 0 Å². The van der Waals surface area contributed by atoms with Gasteiger partial charge in [0, 0.05) is 5.69 Å². The molecule has 0 atom stereocenters. The topological polar surface area (TPSA) is 43.3 Å². The second-order valence-corrected chi connectivity index (χ2v) is 5.13. The minimum atomic E-state index is 0.627. The van der Waals surface area contributed by atoms with E-state index in [-0.39, 0.29) is 0 Å². The first-order valence-corrected chi connectivity index (χ1v) is 6.41. The zero-order valence-corrected chi connectivity index (χ0v) is 10.7. The van der Waals surface area contributed by atoms with Gasteiger partial charge in [0.05, 0.1) is 10.6 Å². The molecule has 3 rings (SSSR count). The van der Waals surface area contributed by atoms with Crippen LogP contribution in [0.2, 0.25) is 5.15 Å². The molecule has 3 aromatic rings. The van der Waals surface area contributed by atoms with Crippen molar-refractivity contribution in [1.82, 2.24) is 9.38 Å². The predicted molar refractivity (Wildman–Crippen MR) is 72.7 cm³/mol. The summed E-state index contributed by atoms with van der Waals surface area (Å²) < 4.78 is 1.88. The molecular weight excluding hydrogens is 254 g/mol. The maximum absolute atomic E-state index is 6.18. The van der Waals surface area contributed by atoms with E-state index in [4.69, 9.17) is 17.3 Å². The summed E-state index contributed by atoms with van der Waals surface area (Å²) in [5, 5.41) is 2.66. The van der Waals surface area contributed by atoms with Crippen molar-refractivity contribution >= 4 is 34.3 Å². The number of aryl methyl sites for hydroxylation is 1. The average Bonchev–Trinajstić information content (AvgIpc) is 2.91. The van der Waals surface area contributed by atoms with Gasteiger partial charge in [-0.1, -0.05) is 17.7 Å². The van der Waals surface area contributed by atoms with Gasteiger partial charge in [0.1, 0.15) is 10.8 Å². The van der Waals surface area contributed by atoms with E-state index in [1.165, 1.54) is 0 Å². The number of hydrogen-bond donors (Lipinski definition) is 1. The molecule has 0 radical (unpaired) electrons. The maximum atomic E-state index is 6.18. The van der Waals surface area contributed by atoms with Crippen molar-refractivity contribution < 1.29 is 0 Å². The molecule has 0 saturated carbocycles. The van der Waals surface area contributed by atoms with Crippen molar-refractivity contribution in [2.75, 3.05) is 5.73 Å². The van der Waals surface area contributed by atoms with Crippen molar-refractivity contribution in [1.29, 1.82) is 0 Å². The smallest absolute Gasteiger partial charge is 0.162 e. The van der Waals surface area contributed by atoms with Crippen LogP contribution in [-0.2, 0) is 0 Å². The fourth-order valence-electron chi connectivity index (χ4n) is 1.91. The summed E-state index contributed by atoms with van der Waals surface area (Å²) in [6, 6.07) is 7.62. The molecule has 0 fully saturated rings. The number of pyridine rings is 1. The van der Waals surface area contributed by atoms with Gasteiger partial charge in [-0.25, -0.2) is 4.98 Å². The Bertz CT molecular complexity index is 685. The van der Waals surface area contributed by atoms with Crippen LogP contribution >= 0.6 is 22.9 Å². The van der Waals surface area contributed by atoms with E-state index in [1.54, 1.807) is 23.5 Å². The minimum Gasteiger partial charge on any atom is -0.396 e. The van der Waals surface area contributed by atoms with Crippen molar-refractivity contribution in [2.45, 2.75) is 6.92 Å². The maximum Gasteiger partial charge on any atom is 0.162 e. The number of imidazole rings is 1. The van der Waals surface area contributed by atoms with Crippen LogP contribution in [0.3, 0.4) is 0 Å². The lowest BCUT2D eigenvalue weighted by atomic mass is 10.3. The molecule has 5 heteroatoms. The van der Waals surface area contributed by atoms with E-state index in [0.717, 1.165) is 21.9 Å². The second kappa shape index (κ2) is 3.75. The number of nitrogens with two attached hydrogens (primary N) is 1. The first-order chi connectivity index (χ1) is 8.18. The van der Waals surface area contributed by atoms with Crippen LogP contribution in [0.5, 0.6) is 0 Å². The normalized spacial score (nSPS) is 11.2. The summed E-state index contributed by atoms with van der Waals surface area (Å²) in [4.78, 5) is 5.71. The Morgan fingerprint density at radius 1 is 1.35 bits per heavy atom. The van der Waals surface area contributed by atoms with Crippen molar-refractivity contribution in [2.24, 2.45) is 0 Å². The third-order valence-electron chi connectivity index (χ3n) is 2.73. The highest BCUT2D eigenvalue weighted by atomic mass is 35.5. The standard InChI is InChI=1S/C12H10ClN3S/c1-7-11(9-3-2-6-17-9)15-12-8(14)4-5-10(13)16(7)12/h2-6H,14H2,1H3. The van der Waals surface area contributed by atoms with Gasteiger partial charge in [-0.05, 0) is 30.5 Å². The van der Waals surface area contributed by atoms with Gasteiger partial charge in [-0.3, -0.25) is 4.40 Å². The van der Waals surface area contributed by atoms with Crippen LogP contribution in [0.1, 0.15) is 5.69 Å². The minimum absolute atomic E-state index is 0.627. The highest BCUT2D eigenvalue weighted by Gasteiger charge is 2.14. The quantitative estimate of drug-likeness (QED) is 0.682. The van der Waals surface area contributed by atoms with E-state index in [2.05, 4.69) is 4.98 Å². The van der Waals surface area contributed by atoms with Gasteiger partial charge in [-0.15, -0.1) is 11.3 Å². The molecule has 3 aromatic heterocycles. The average molecular weight is 264 g/mol. The number of fused-ring (bicyclic) bond motifs is 1. The Kier molecular flexibility index (Phi) is 2.34. The molecule has 0 spiro atoms. The first-order valence-electron chi connectivity index (χ1n) is 5.15. The van der Waals surface area contributed by atoms with Crippen LogP contribution in [-0.4, -0.2) is 9.38 Å². The molecule has 0 unspecified atom stereocenters. The summed E-state index contributed by atoms with van der Waals surface area (Å²) in [5.74, 6) is 0. The van der Waals surface area contributed by atoms with E-state index in [1.807, 2.05) is 28.8 Å². The van der Waals surface area contributed by atoms with Crippen LogP contribution in [0.25, 0.3) is 16.2 Å². The SMILES string of the molecule is Cc1c(-c2cccs2)nc2c(N)ccc(Cl)n12. The van der Waals surface area contributed by atoms with E-state index in [0.29, 0.717) is 10.8 Å². The second-order valence-electron chi connectivity index (χ2n) is 3.79. The summed E-state index contributed by atoms with van der Waals surface area (Å²) in [7, 11) is 0. The molecule has 0 bridgehead atoms. The lowest BCUT2D eigenvalue weighted by Crippen LogP contribution is -1.94. The molecule has 3 nitrogen and oxygen atoms in total. The van der Waals surface area contributed by atoms with E-state index in [9.17, 15) is 0 Å². The fourth-order valence-corrected chi connectivity index (χ4v) is 2.95. The Hall–Kier alpha value is -1.52. The van der Waals surface area contributed by atoms with Crippen LogP contribution in [0.4, 0.5) is 5.69 Å². The van der Waals surface area contributed by atoms with Crippen LogP contribution in [0, 0.1) is 6.92 Å². The number of anilines is 1. The summed E-state index contributed by atoms with van der Waals surface area (Å²) in [5.41, 5.74) is 9.24. The van der Waals surface area contributed by atoms with Gasteiger partial charge in [0.15, 0.2) is 5.65 Å². The van der Waals surface area contributed by atoms with Crippen molar-refractivity contribution in [3.63, 3.8) is 0 Å². The van der Waals surface area contributed by atoms with Gasteiger partial charge in [0.25, 0.3) is 0 Å². The molecule has 2 N–H and O–H groups in total. The monoisotopic (exact) mass is 263 g/mol. The van der Waals surface area contributed by atoms with Crippen LogP contribution < -0.4 is 5.73 Å². The number of nitrogen functional groups attached to an aromatic ring is 1. The molecular formula is C12H10ClN3S. The predicted octanol–water partition coefficient (Wildman–Crippen LogP) is 3.61. The van der Waals surface area contributed by atoms with Gasteiger partial charge in [0.2, 0.25) is 0 Å². The number of hydrogen-bond acceptors (Lipinski definition) is 3. The summed E-state index contributed by atoms with van der Waals surface area (Å²) in [6.45, 7) is 2.00. The highest BCUT2D eigenvalue weighted by Crippen LogP contribution is 2.31. The zero-order valence-electron chi connectivity index (χ0n) is 9.14. The zero-order chi connectivity index (χ0) is 12.0. The Morgan fingerprint density at radius 2 is 2.18 bits per heavy atom. The van der Waals surface area contributed by atoms with Crippen molar-refractivity contribution in [3.8, 4) is 10.6 Å². The molecule has 17 heavy (non-hydrogen) atoms. The first kappa shape index (κ1) is 10.6. The fraction of sp³-hybridized carbons (Fsp3) is 0.0833. The van der Waals surface area contributed by atoms with E-state index < -0.39 is 0 Å². The molecule has 0 saturated heterocycles. The molecule has 0 aliphatic carbocycles. The molecule has 0 amide bonds. The summed E-state index contributed by atoms with van der Waals surface area (Å²) >= 11 is 7.84. The van der Waals surface area contributed by atoms with Crippen molar-refractivity contribution in [3.05, 3.63) is 40.5 Å². The lowest BCUT2D eigenvalue weighted by Gasteiger charge is -2.01. The molecule has 0 aliphatic rings.